The smallest absolute Gasteiger partial charge is 0.259 e. The second-order valence-electron chi connectivity index (χ2n) is 6.27. The van der Waals surface area contributed by atoms with Crippen molar-refractivity contribution in [3.05, 3.63) is 64.7 Å². The highest BCUT2D eigenvalue weighted by Gasteiger charge is 2.25. The van der Waals surface area contributed by atoms with Gasteiger partial charge in [-0.05, 0) is 48.4 Å². The second kappa shape index (κ2) is 9.81. The molecule has 1 heterocycles. The van der Waals surface area contributed by atoms with Crippen LogP contribution in [-0.4, -0.2) is 35.7 Å². The van der Waals surface area contributed by atoms with Gasteiger partial charge in [-0.25, -0.2) is 0 Å². The van der Waals surface area contributed by atoms with Gasteiger partial charge in [-0.2, -0.15) is 0 Å². The minimum Gasteiger partial charge on any atom is -0.494 e. The van der Waals surface area contributed by atoms with Crippen LogP contribution in [-0.2, 0) is 5.75 Å². The summed E-state index contributed by atoms with van der Waals surface area (Å²) in [4.78, 5) is 19.1. The van der Waals surface area contributed by atoms with E-state index in [4.69, 9.17) is 16.3 Å². The lowest BCUT2D eigenvalue weighted by atomic mass is 10.2. The van der Waals surface area contributed by atoms with Gasteiger partial charge in [-0.1, -0.05) is 48.8 Å². The van der Waals surface area contributed by atoms with E-state index >= 15 is 0 Å². The zero-order chi connectivity index (χ0) is 19.1. The molecule has 0 bridgehead atoms. The summed E-state index contributed by atoms with van der Waals surface area (Å²) in [6, 6.07) is 15.1. The first kappa shape index (κ1) is 19.8. The number of thioether (sulfide) groups is 1. The number of ether oxygens (including phenoxy) is 1. The Kier molecular flexibility index (Phi) is 7.18. The summed E-state index contributed by atoms with van der Waals surface area (Å²) in [6.07, 6.45) is 2.12. The number of benzene rings is 2. The molecule has 0 N–H and O–H groups in total. The van der Waals surface area contributed by atoms with E-state index in [1.54, 1.807) is 16.7 Å². The summed E-state index contributed by atoms with van der Waals surface area (Å²) in [6.45, 7) is 4.09. The monoisotopic (exact) mass is 402 g/mol. The number of amidine groups is 1. The lowest BCUT2D eigenvalue weighted by molar-refractivity contribution is 0.0860. The van der Waals surface area contributed by atoms with Crippen molar-refractivity contribution in [3.63, 3.8) is 0 Å². The topological polar surface area (TPSA) is 41.9 Å². The second-order valence-corrected chi connectivity index (χ2v) is 7.65. The summed E-state index contributed by atoms with van der Waals surface area (Å²) in [5, 5.41) is 1.49. The molecule has 3 rings (SSSR count). The molecule has 0 saturated carbocycles. The minimum atomic E-state index is -0.0232. The van der Waals surface area contributed by atoms with Gasteiger partial charge in [0.15, 0.2) is 5.17 Å². The third-order valence-electron chi connectivity index (χ3n) is 4.17. The lowest BCUT2D eigenvalue weighted by Crippen LogP contribution is -2.32. The molecule has 0 saturated heterocycles. The van der Waals surface area contributed by atoms with Crippen LogP contribution in [0.1, 0.15) is 35.7 Å². The van der Waals surface area contributed by atoms with Crippen molar-refractivity contribution in [1.29, 1.82) is 0 Å². The van der Waals surface area contributed by atoms with Gasteiger partial charge < -0.3 is 4.74 Å². The van der Waals surface area contributed by atoms with E-state index in [0.717, 1.165) is 40.1 Å². The number of carbonyl (C=O) groups excluding carboxylic acids is 1. The van der Waals surface area contributed by atoms with Crippen LogP contribution in [0.2, 0.25) is 5.02 Å². The van der Waals surface area contributed by atoms with E-state index in [2.05, 4.69) is 11.9 Å². The molecule has 4 nitrogen and oxygen atoms in total. The molecule has 0 unspecified atom stereocenters. The first-order chi connectivity index (χ1) is 13.2. The maximum Gasteiger partial charge on any atom is 0.259 e. The summed E-state index contributed by atoms with van der Waals surface area (Å²) in [5.41, 5.74) is 1.76. The third kappa shape index (κ3) is 5.50. The molecule has 0 spiro atoms. The van der Waals surface area contributed by atoms with Crippen LogP contribution in [0.3, 0.4) is 0 Å². The van der Waals surface area contributed by atoms with Crippen molar-refractivity contribution in [1.82, 2.24) is 4.90 Å². The Labute approximate surface area is 169 Å². The molecule has 0 radical (unpaired) electrons. The van der Waals surface area contributed by atoms with Crippen LogP contribution in [0.4, 0.5) is 0 Å². The maximum atomic E-state index is 12.9. The van der Waals surface area contributed by atoms with Gasteiger partial charge in [0, 0.05) is 22.9 Å². The Bertz CT molecular complexity index is 808. The number of unbranched alkanes of at least 4 members (excludes halogenated alkanes) is 1. The molecular weight excluding hydrogens is 380 g/mol. The molecule has 142 valence electrons. The van der Waals surface area contributed by atoms with E-state index in [0.29, 0.717) is 25.3 Å². The Hall–Kier alpha value is -1.98. The van der Waals surface area contributed by atoms with E-state index < -0.39 is 0 Å². The molecule has 0 aliphatic carbocycles. The van der Waals surface area contributed by atoms with Crippen molar-refractivity contribution in [3.8, 4) is 5.75 Å². The molecule has 1 aliphatic heterocycles. The first-order valence-corrected chi connectivity index (χ1v) is 10.5. The van der Waals surface area contributed by atoms with Crippen molar-refractivity contribution in [2.75, 3.05) is 19.7 Å². The fourth-order valence-corrected chi connectivity index (χ4v) is 3.90. The Morgan fingerprint density at radius 3 is 2.81 bits per heavy atom. The van der Waals surface area contributed by atoms with E-state index in [9.17, 15) is 4.79 Å². The van der Waals surface area contributed by atoms with E-state index in [1.807, 2.05) is 48.5 Å². The van der Waals surface area contributed by atoms with Crippen molar-refractivity contribution < 1.29 is 9.53 Å². The average molecular weight is 403 g/mol. The van der Waals surface area contributed by atoms with Crippen LogP contribution < -0.4 is 4.74 Å². The molecule has 0 aromatic heterocycles. The molecular formula is C21H23ClN2O2S. The van der Waals surface area contributed by atoms with Crippen LogP contribution in [0.15, 0.2) is 53.5 Å². The van der Waals surface area contributed by atoms with Gasteiger partial charge in [0.25, 0.3) is 5.91 Å². The SMILES string of the molecule is CCCCOc1ccc(C(=O)N2CCN=C2SCc2cccc(Cl)c2)cc1. The summed E-state index contributed by atoms with van der Waals surface area (Å²) >= 11 is 7.60. The lowest BCUT2D eigenvalue weighted by Gasteiger charge is -2.18. The third-order valence-corrected chi connectivity index (χ3v) is 5.49. The number of halogens is 1. The van der Waals surface area contributed by atoms with Crippen molar-refractivity contribution in [2.24, 2.45) is 4.99 Å². The predicted molar refractivity (Wildman–Crippen MR) is 113 cm³/mol. The first-order valence-electron chi connectivity index (χ1n) is 9.14. The molecule has 2 aromatic rings. The van der Waals surface area contributed by atoms with Crippen molar-refractivity contribution in [2.45, 2.75) is 25.5 Å². The summed E-state index contributed by atoms with van der Waals surface area (Å²) in [7, 11) is 0. The number of amides is 1. The zero-order valence-electron chi connectivity index (χ0n) is 15.4. The van der Waals surface area contributed by atoms with Crippen LogP contribution >= 0.6 is 23.4 Å². The van der Waals surface area contributed by atoms with Gasteiger partial charge in [-0.3, -0.25) is 14.7 Å². The van der Waals surface area contributed by atoms with Gasteiger partial charge in [-0.15, -0.1) is 0 Å². The Balaban J connectivity index is 1.59. The fraction of sp³-hybridized carbons (Fsp3) is 0.333. The van der Waals surface area contributed by atoms with E-state index in [1.165, 1.54) is 0 Å². The highest BCUT2D eigenvalue weighted by atomic mass is 35.5. The van der Waals surface area contributed by atoms with Crippen LogP contribution in [0.5, 0.6) is 5.75 Å². The molecule has 1 aliphatic rings. The molecule has 1 amide bonds. The van der Waals surface area contributed by atoms with Gasteiger partial charge >= 0.3 is 0 Å². The number of rotatable bonds is 7. The molecule has 6 heteroatoms. The average Bonchev–Trinajstić information content (AvgIpc) is 3.15. The number of hydrogen-bond donors (Lipinski definition) is 0. The molecule has 0 atom stereocenters. The summed E-state index contributed by atoms with van der Waals surface area (Å²) < 4.78 is 5.66. The molecule has 2 aromatic carbocycles. The zero-order valence-corrected chi connectivity index (χ0v) is 16.9. The van der Waals surface area contributed by atoms with Gasteiger partial charge in [0.2, 0.25) is 0 Å². The number of carbonyl (C=O) groups is 1. The van der Waals surface area contributed by atoms with E-state index in [-0.39, 0.29) is 5.91 Å². The predicted octanol–water partition coefficient (Wildman–Crippen LogP) is 5.26. The van der Waals surface area contributed by atoms with Crippen molar-refractivity contribution >= 4 is 34.4 Å². The molecule has 27 heavy (non-hydrogen) atoms. The number of nitrogens with zero attached hydrogens (tertiary/aromatic N) is 2. The standard InChI is InChI=1S/C21H23ClN2O2S/c1-2-3-13-26-19-9-7-17(8-10-19)20(25)24-12-11-23-21(24)27-15-16-5-4-6-18(22)14-16/h4-10,14H,2-3,11-13,15H2,1H3. The largest absolute Gasteiger partial charge is 0.494 e. The van der Waals surface area contributed by atoms with Gasteiger partial charge in [0.1, 0.15) is 5.75 Å². The summed E-state index contributed by atoms with van der Waals surface area (Å²) in [5.74, 6) is 1.50. The Morgan fingerprint density at radius 1 is 1.26 bits per heavy atom. The van der Waals surface area contributed by atoms with Crippen LogP contribution in [0, 0.1) is 0 Å². The fourth-order valence-electron chi connectivity index (χ4n) is 2.70. The highest BCUT2D eigenvalue weighted by molar-refractivity contribution is 8.13. The minimum absolute atomic E-state index is 0.0232. The quantitative estimate of drug-likeness (QED) is 0.593. The maximum absolute atomic E-state index is 12.9. The van der Waals surface area contributed by atoms with Crippen LogP contribution in [0.25, 0.3) is 0 Å². The normalized spacial score (nSPS) is 13.6. The highest BCUT2D eigenvalue weighted by Crippen LogP contribution is 2.23. The Morgan fingerprint density at radius 2 is 2.07 bits per heavy atom. The number of aliphatic imine (C=N–C) groups is 1. The molecule has 0 fully saturated rings. The van der Waals surface area contributed by atoms with Gasteiger partial charge in [0.05, 0.1) is 13.2 Å². The number of hydrogen-bond acceptors (Lipinski definition) is 4.